The maximum absolute atomic E-state index is 12.4. The summed E-state index contributed by atoms with van der Waals surface area (Å²) in [4.78, 5) is 14.7. The second-order valence-electron chi connectivity index (χ2n) is 8.33. The Hall–Kier alpha value is -1.93. The molecule has 2 aromatic carbocycles. The third-order valence-electron chi connectivity index (χ3n) is 5.98. The van der Waals surface area contributed by atoms with Crippen molar-refractivity contribution < 1.29 is 13.2 Å². The number of halogens is 1. The smallest absolute Gasteiger partial charge is 0.242 e. The van der Waals surface area contributed by atoms with Gasteiger partial charge in [-0.1, -0.05) is 67.3 Å². The summed E-state index contributed by atoms with van der Waals surface area (Å²) in [6.07, 6.45) is 6.48. The van der Waals surface area contributed by atoms with Crippen molar-refractivity contribution in [2.75, 3.05) is 13.6 Å². The normalized spacial score (nSPS) is 15.1. The summed E-state index contributed by atoms with van der Waals surface area (Å²) >= 11 is 5.97. The van der Waals surface area contributed by atoms with Crippen LogP contribution < -0.4 is 10.0 Å². The Kier molecular flexibility index (Phi) is 9.11. The van der Waals surface area contributed by atoms with Crippen LogP contribution in [0.25, 0.3) is 0 Å². The molecule has 0 saturated heterocycles. The molecule has 0 heterocycles. The number of sulfonamides is 1. The molecule has 1 aliphatic rings. The summed E-state index contributed by atoms with van der Waals surface area (Å²) in [5, 5.41) is 3.06. The van der Waals surface area contributed by atoms with Crippen LogP contribution in [0.1, 0.15) is 49.7 Å². The van der Waals surface area contributed by atoms with Crippen LogP contribution in [0.2, 0.25) is 5.02 Å². The van der Waals surface area contributed by atoms with E-state index in [1.807, 2.05) is 18.2 Å². The molecule has 6 nitrogen and oxygen atoms in total. The van der Waals surface area contributed by atoms with Crippen molar-refractivity contribution in [1.29, 1.82) is 0 Å². The van der Waals surface area contributed by atoms with Crippen molar-refractivity contribution in [3.05, 3.63) is 64.7 Å². The lowest BCUT2D eigenvalue weighted by molar-refractivity contribution is -0.121. The van der Waals surface area contributed by atoms with Crippen LogP contribution in [0.4, 0.5) is 0 Å². The fraction of sp³-hybridized carbons (Fsp3) is 0.458. The number of hydrogen-bond acceptors (Lipinski definition) is 4. The van der Waals surface area contributed by atoms with Gasteiger partial charge >= 0.3 is 0 Å². The number of hydrogen-bond donors (Lipinski definition) is 2. The van der Waals surface area contributed by atoms with Gasteiger partial charge in [0.2, 0.25) is 15.9 Å². The number of carbonyl (C=O) groups is 1. The van der Waals surface area contributed by atoms with Crippen LogP contribution in [-0.4, -0.2) is 38.9 Å². The fourth-order valence-corrected chi connectivity index (χ4v) is 5.67. The summed E-state index contributed by atoms with van der Waals surface area (Å²) in [5.41, 5.74) is 2.29. The highest BCUT2D eigenvalue weighted by atomic mass is 35.5. The van der Waals surface area contributed by atoms with Gasteiger partial charge in [-0.25, -0.2) is 13.1 Å². The van der Waals surface area contributed by atoms with E-state index in [-0.39, 0.29) is 28.8 Å². The molecule has 174 valence electrons. The second-order valence-corrected chi connectivity index (χ2v) is 10.5. The minimum absolute atomic E-state index is 0.00541. The lowest BCUT2D eigenvalue weighted by Gasteiger charge is -2.31. The molecule has 1 saturated carbocycles. The highest BCUT2D eigenvalue weighted by molar-refractivity contribution is 7.89. The molecule has 0 bridgehead atoms. The minimum Gasteiger partial charge on any atom is -0.352 e. The van der Waals surface area contributed by atoms with Crippen LogP contribution in [0.15, 0.2) is 53.4 Å². The Morgan fingerprint density at radius 2 is 1.69 bits per heavy atom. The van der Waals surface area contributed by atoms with Gasteiger partial charge in [0.15, 0.2) is 0 Å². The maximum Gasteiger partial charge on any atom is 0.242 e. The first-order valence-corrected chi connectivity index (χ1v) is 13.0. The van der Waals surface area contributed by atoms with E-state index >= 15 is 0 Å². The molecule has 0 aromatic heterocycles. The summed E-state index contributed by atoms with van der Waals surface area (Å²) in [7, 11) is -1.58. The summed E-state index contributed by atoms with van der Waals surface area (Å²) < 4.78 is 27.2. The van der Waals surface area contributed by atoms with E-state index in [4.69, 9.17) is 11.6 Å². The largest absolute Gasteiger partial charge is 0.352 e. The Bertz CT molecular complexity index is 1010. The highest BCUT2D eigenvalue weighted by Gasteiger charge is 2.19. The van der Waals surface area contributed by atoms with Gasteiger partial charge < -0.3 is 5.32 Å². The fourth-order valence-electron chi connectivity index (χ4n) is 4.13. The number of benzene rings is 2. The topological polar surface area (TPSA) is 78.5 Å². The van der Waals surface area contributed by atoms with E-state index in [0.29, 0.717) is 12.6 Å². The van der Waals surface area contributed by atoms with Crippen molar-refractivity contribution in [2.45, 2.75) is 62.6 Å². The van der Waals surface area contributed by atoms with E-state index in [0.717, 1.165) is 12.1 Å². The molecular formula is C24H32ClN3O3S. The van der Waals surface area contributed by atoms with E-state index in [1.54, 1.807) is 12.1 Å². The molecule has 3 rings (SSSR count). The van der Waals surface area contributed by atoms with Crippen LogP contribution in [0, 0.1) is 0 Å². The molecular weight excluding hydrogens is 446 g/mol. The van der Waals surface area contributed by atoms with Crippen LogP contribution in [0.3, 0.4) is 0 Å². The zero-order valence-electron chi connectivity index (χ0n) is 18.5. The molecule has 1 fully saturated rings. The summed E-state index contributed by atoms with van der Waals surface area (Å²) in [6.45, 7) is 1.28. The first kappa shape index (κ1) is 24.7. The van der Waals surface area contributed by atoms with Crippen LogP contribution in [-0.2, 0) is 27.9 Å². The van der Waals surface area contributed by atoms with Gasteiger partial charge in [0.1, 0.15) is 4.90 Å². The maximum atomic E-state index is 12.4. The zero-order chi connectivity index (χ0) is 23.0. The van der Waals surface area contributed by atoms with Crippen LogP contribution >= 0.6 is 11.6 Å². The predicted molar refractivity (Wildman–Crippen MR) is 128 cm³/mol. The molecule has 2 aromatic rings. The Morgan fingerprint density at radius 1 is 1.03 bits per heavy atom. The first-order valence-electron chi connectivity index (χ1n) is 11.1. The minimum atomic E-state index is -3.75. The number of nitrogens with one attached hydrogen (secondary N) is 2. The molecule has 32 heavy (non-hydrogen) atoms. The Morgan fingerprint density at radius 3 is 2.41 bits per heavy atom. The quantitative estimate of drug-likeness (QED) is 0.540. The molecule has 0 aliphatic heterocycles. The van der Waals surface area contributed by atoms with Crippen molar-refractivity contribution in [1.82, 2.24) is 14.9 Å². The number of carbonyl (C=O) groups excluding carboxylic acids is 1. The zero-order valence-corrected chi connectivity index (χ0v) is 20.1. The highest BCUT2D eigenvalue weighted by Crippen LogP contribution is 2.24. The molecule has 8 heteroatoms. The van der Waals surface area contributed by atoms with Crippen molar-refractivity contribution in [3.63, 3.8) is 0 Å². The van der Waals surface area contributed by atoms with Gasteiger partial charge in [-0.15, -0.1) is 0 Å². The third-order valence-corrected chi connectivity index (χ3v) is 7.94. The van der Waals surface area contributed by atoms with Crippen LogP contribution in [0.5, 0.6) is 0 Å². The van der Waals surface area contributed by atoms with Gasteiger partial charge in [-0.05, 0) is 43.1 Å². The second kappa shape index (κ2) is 11.8. The van der Waals surface area contributed by atoms with E-state index < -0.39 is 10.0 Å². The van der Waals surface area contributed by atoms with E-state index in [9.17, 15) is 13.2 Å². The SMILES string of the molecule is CN(Cc1ccccc1CNC(=O)CCNS(=O)(=O)c1ccccc1Cl)C1CCCCC1. The van der Waals surface area contributed by atoms with E-state index in [2.05, 4.69) is 28.1 Å². The molecule has 2 N–H and O–H groups in total. The predicted octanol–water partition coefficient (Wildman–Crippen LogP) is 4.09. The third kappa shape index (κ3) is 7.04. The average molecular weight is 478 g/mol. The summed E-state index contributed by atoms with van der Waals surface area (Å²) in [5.74, 6) is -0.206. The molecule has 1 aliphatic carbocycles. The lowest BCUT2D eigenvalue weighted by Crippen LogP contribution is -2.33. The number of nitrogens with zero attached hydrogens (tertiary/aromatic N) is 1. The molecule has 1 amide bonds. The number of rotatable bonds is 10. The molecule has 0 atom stereocenters. The van der Waals surface area contributed by atoms with E-state index in [1.165, 1.54) is 49.8 Å². The molecule has 0 spiro atoms. The Labute approximate surface area is 196 Å². The first-order chi connectivity index (χ1) is 15.4. The lowest BCUT2D eigenvalue weighted by atomic mass is 9.94. The van der Waals surface area contributed by atoms with Crippen molar-refractivity contribution in [3.8, 4) is 0 Å². The van der Waals surface area contributed by atoms with Gasteiger partial charge in [-0.3, -0.25) is 9.69 Å². The number of amides is 1. The Balaban J connectivity index is 1.48. The summed E-state index contributed by atoms with van der Waals surface area (Å²) in [6, 6.07) is 15.0. The van der Waals surface area contributed by atoms with Gasteiger partial charge in [0, 0.05) is 32.1 Å². The van der Waals surface area contributed by atoms with Gasteiger partial charge in [-0.2, -0.15) is 0 Å². The molecule has 0 unspecified atom stereocenters. The average Bonchev–Trinajstić information content (AvgIpc) is 2.79. The standard InChI is InChI=1S/C24H32ClN3O3S/c1-28(21-11-3-2-4-12-21)18-20-10-6-5-9-19(20)17-26-24(29)15-16-27-32(30,31)23-14-8-7-13-22(23)25/h5-10,13-14,21,27H,2-4,11-12,15-18H2,1H3,(H,26,29). The van der Waals surface area contributed by atoms with Crippen molar-refractivity contribution in [2.24, 2.45) is 0 Å². The van der Waals surface area contributed by atoms with Gasteiger partial charge in [0.05, 0.1) is 5.02 Å². The monoisotopic (exact) mass is 477 g/mol. The van der Waals surface area contributed by atoms with Gasteiger partial charge in [0.25, 0.3) is 0 Å². The molecule has 0 radical (unpaired) electrons. The van der Waals surface area contributed by atoms with Crippen molar-refractivity contribution >= 4 is 27.5 Å².